The SMILES string of the molecule is Cc1ccc(C)c(N(c2cccc(-c3ccccc3)c2C)c2ccc3ccc4c(N(c5cc(C)ccc5C)c5cccc(-c6ccccc6)c5C)ccc5ccc2c3c54)c1. The van der Waals surface area contributed by atoms with Gasteiger partial charge in [0.15, 0.2) is 0 Å². The predicted octanol–water partition coefficient (Wildman–Crippen LogP) is 16.7. The lowest BCUT2D eigenvalue weighted by molar-refractivity contribution is 1.22. The van der Waals surface area contributed by atoms with Crippen LogP contribution in [-0.4, -0.2) is 0 Å². The van der Waals surface area contributed by atoms with Gasteiger partial charge in [-0.25, -0.2) is 0 Å². The van der Waals surface area contributed by atoms with Gasteiger partial charge >= 0.3 is 0 Å². The largest absolute Gasteiger partial charge is 0.309 e. The van der Waals surface area contributed by atoms with E-state index < -0.39 is 0 Å². The summed E-state index contributed by atoms with van der Waals surface area (Å²) in [5.74, 6) is 0. The fraction of sp³-hybridized carbons (Fsp3) is 0.103. The summed E-state index contributed by atoms with van der Waals surface area (Å²) in [4.78, 5) is 5.02. The molecule has 0 aromatic heterocycles. The molecular formula is C58H48N2. The number of rotatable bonds is 8. The molecule has 290 valence electrons. The van der Waals surface area contributed by atoms with Gasteiger partial charge in [0.1, 0.15) is 0 Å². The Hall–Kier alpha value is -7.16. The average molecular weight is 773 g/mol. The molecule has 0 saturated carbocycles. The molecule has 0 N–H and O–H groups in total. The quantitative estimate of drug-likeness (QED) is 0.142. The van der Waals surface area contributed by atoms with Crippen molar-refractivity contribution in [1.82, 2.24) is 0 Å². The van der Waals surface area contributed by atoms with Crippen LogP contribution < -0.4 is 9.80 Å². The van der Waals surface area contributed by atoms with Crippen molar-refractivity contribution in [2.75, 3.05) is 9.80 Å². The predicted molar refractivity (Wildman–Crippen MR) is 259 cm³/mol. The van der Waals surface area contributed by atoms with Crippen molar-refractivity contribution >= 4 is 66.4 Å². The summed E-state index contributed by atoms with van der Waals surface area (Å²) < 4.78 is 0. The van der Waals surface area contributed by atoms with Crippen molar-refractivity contribution in [3.8, 4) is 22.3 Å². The molecule has 10 rings (SSSR count). The standard InChI is InChI=1S/C58H48N2/c1-37-23-25-39(3)55(35-37)59(51-21-13-19-47(41(51)5)43-15-9-7-10-16-43)53-33-29-45-28-32-50-54(34-30-46-27-31-49(53)57(45)58(46)50)60(56-36-38(2)24-26-40(56)4)52-22-14-20-48(42(52)6)44-17-11-8-12-18-44/h7-36H,1-6H3. The van der Waals surface area contributed by atoms with E-state index in [9.17, 15) is 0 Å². The van der Waals surface area contributed by atoms with Crippen molar-refractivity contribution in [3.05, 3.63) is 215 Å². The second kappa shape index (κ2) is 14.9. The first kappa shape index (κ1) is 37.1. The number of hydrogen-bond donors (Lipinski definition) is 0. The maximum Gasteiger partial charge on any atom is 0.0540 e. The zero-order valence-electron chi connectivity index (χ0n) is 35.2. The van der Waals surface area contributed by atoms with Gasteiger partial charge in [-0.2, -0.15) is 0 Å². The molecule has 0 fully saturated rings. The minimum absolute atomic E-state index is 1.17. The molecule has 10 aromatic rings. The molecule has 2 nitrogen and oxygen atoms in total. The van der Waals surface area contributed by atoms with Crippen molar-refractivity contribution in [1.29, 1.82) is 0 Å². The molecule has 0 spiro atoms. The molecule has 0 unspecified atom stereocenters. The first-order valence-corrected chi connectivity index (χ1v) is 21.0. The third-order valence-corrected chi connectivity index (χ3v) is 12.6. The number of benzene rings is 10. The van der Waals surface area contributed by atoms with Gasteiger partial charge in [0.2, 0.25) is 0 Å². The Morgan fingerprint density at radius 2 is 0.700 bits per heavy atom. The second-order valence-corrected chi connectivity index (χ2v) is 16.5. The number of anilines is 6. The van der Waals surface area contributed by atoms with Gasteiger partial charge in [0.05, 0.1) is 11.4 Å². The molecule has 0 radical (unpaired) electrons. The summed E-state index contributed by atoms with van der Waals surface area (Å²) in [5, 5.41) is 7.50. The van der Waals surface area contributed by atoms with Crippen molar-refractivity contribution in [2.45, 2.75) is 41.5 Å². The molecule has 0 aliphatic heterocycles. The maximum absolute atomic E-state index is 2.51. The molecule has 10 aromatic carbocycles. The fourth-order valence-corrected chi connectivity index (χ4v) is 9.45. The van der Waals surface area contributed by atoms with Crippen LogP contribution in [0.5, 0.6) is 0 Å². The van der Waals surface area contributed by atoms with Crippen molar-refractivity contribution in [3.63, 3.8) is 0 Å². The highest BCUT2D eigenvalue weighted by molar-refractivity contribution is 6.28. The van der Waals surface area contributed by atoms with E-state index in [4.69, 9.17) is 0 Å². The van der Waals surface area contributed by atoms with Crippen LogP contribution in [0.4, 0.5) is 34.1 Å². The maximum atomic E-state index is 2.51. The van der Waals surface area contributed by atoms with E-state index in [-0.39, 0.29) is 0 Å². The Morgan fingerprint density at radius 1 is 0.300 bits per heavy atom. The summed E-state index contributed by atoms with van der Waals surface area (Å²) in [6.45, 7) is 13.4. The average Bonchev–Trinajstić information content (AvgIpc) is 3.27. The Balaban J connectivity index is 1.25. The van der Waals surface area contributed by atoms with Gasteiger partial charge < -0.3 is 9.80 Å². The van der Waals surface area contributed by atoms with E-state index in [0.29, 0.717) is 0 Å². The zero-order chi connectivity index (χ0) is 41.1. The van der Waals surface area contributed by atoms with Crippen LogP contribution in [-0.2, 0) is 0 Å². The topological polar surface area (TPSA) is 6.48 Å². The molecule has 0 atom stereocenters. The van der Waals surface area contributed by atoms with E-state index in [1.54, 1.807) is 0 Å². The Bertz CT molecular complexity index is 3000. The molecule has 0 bridgehead atoms. The van der Waals surface area contributed by atoms with Crippen molar-refractivity contribution < 1.29 is 0 Å². The highest BCUT2D eigenvalue weighted by atomic mass is 15.2. The minimum Gasteiger partial charge on any atom is -0.309 e. The van der Waals surface area contributed by atoms with Crippen LogP contribution in [0.25, 0.3) is 54.6 Å². The van der Waals surface area contributed by atoms with Gasteiger partial charge in [0, 0.05) is 33.5 Å². The van der Waals surface area contributed by atoms with E-state index in [1.165, 1.54) is 122 Å². The fourth-order valence-electron chi connectivity index (χ4n) is 9.45. The molecule has 0 saturated heterocycles. The Labute approximate surface area is 354 Å². The minimum atomic E-state index is 1.17. The molecule has 0 aliphatic rings. The third kappa shape index (κ3) is 6.19. The number of aryl methyl sites for hydroxylation is 4. The first-order chi connectivity index (χ1) is 29.3. The smallest absolute Gasteiger partial charge is 0.0540 e. The van der Waals surface area contributed by atoms with Crippen LogP contribution in [0.2, 0.25) is 0 Å². The molecule has 0 aliphatic carbocycles. The summed E-state index contributed by atoms with van der Waals surface area (Å²) in [5.41, 5.74) is 19.4. The third-order valence-electron chi connectivity index (χ3n) is 12.6. The first-order valence-electron chi connectivity index (χ1n) is 21.0. The molecule has 2 heteroatoms. The van der Waals surface area contributed by atoms with Crippen LogP contribution in [0.3, 0.4) is 0 Å². The lowest BCUT2D eigenvalue weighted by Crippen LogP contribution is -2.14. The summed E-state index contributed by atoms with van der Waals surface area (Å²) in [7, 11) is 0. The summed E-state index contributed by atoms with van der Waals surface area (Å²) >= 11 is 0. The molecule has 60 heavy (non-hydrogen) atoms. The Morgan fingerprint density at radius 3 is 1.12 bits per heavy atom. The molecular weight excluding hydrogens is 725 g/mol. The number of hydrogen-bond acceptors (Lipinski definition) is 2. The zero-order valence-corrected chi connectivity index (χ0v) is 35.2. The van der Waals surface area contributed by atoms with Gasteiger partial charge in [0.25, 0.3) is 0 Å². The van der Waals surface area contributed by atoms with E-state index in [2.05, 4.69) is 233 Å². The lowest BCUT2D eigenvalue weighted by atomic mass is 9.91. The highest BCUT2D eigenvalue weighted by Gasteiger charge is 2.25. The van der Waals surface area contributed by atoms with E-state index >= 15 is 0 Å². The molecule has 0 heterocycles. The summed E-state index contributed by atoms with van der Waals surface area (Å²) in [6, 6.07) is 67.3. The number of nitrogens with zero attached hydrogens (tertiary/aromatic N) is 2. The lowest BCUT2D eigenvalue weighted by Gasteiger charge is -2.32. The molecule has 0 amide bonds. The van der Waals surface area contributed by atoms with Gasteiger partial charge in [-0.15, -0.1) is 0 Å². The Kier molecular flexibility index (Phi) is 9.22. The van der Waals surface area contributed by atoms with E-state index in [1.807, 2.05) is 0 Å². The van der Waals surface area contributed by atoms with Crippen LogP contribution in [0.1, 0.15) is 33.4 Å². The van der Waals surface area contributed by atoms with Gasteiger partial charge in [-0.1, -0.05) is 146 Å². The van der Waals surface area contributed by atoms with Gasteiger partial charge in [-0.3, -0.25) is 0 Å². The van der Waals surface area contributed by atoms with Gasteiger partial charge in [-0.05, 0) is 155 Å². The normalized spacial score (nSPS) is 11.5. The van der Waals surface area contributed by atoms with Crippen molar-refractivity contribution in [2.24, 2.45) is 0 Å². The second-order valence-electron chi connectivity index (χ2n) is 16.5. The van der Waals surface area contributed by atoms with Crippen LogP contribution in [0, 0.1) is 41.5 Å². The van der Waals surface area contributed by atoms with Crippen LogP contribution >= 0.6 is 0 Å². The summed E-state index contributed by atoms with van der Waals surface area (Å²) in [6.07, 6.45) is 0. The van der Waals surface area contributed by atoms with E-state index in [0.717, 1.165) is 0 Å². The monoisotopic (exact) mass is 772 g/mol. The van der Waals surface area contributed by atoms with Crippen LogP contribution in [0.15, 0.2) is 182 Å². The highest BCUT2D eigenvalue weighted by Crippen LogP contribution is 2.50.